The molecule has 5 heteroatoms. The highest BCUT2D eigenvalue weighted by atomic mass is 32.2. The first-order valence-corrected chi connectivity index (χ1v) is 6.55. The molecule has 1 unspecified atom stereocenters. The van der Waals surface area contributed by atoms with Crippen LogP contribution in [0.1, 0.15) is 37.0 Å². The summed E-state index contributed by atoms with van der Waals surface area (Å²) in [5.41, 5.74) is -3.82. The van der Waals surface area contributed by atoms with Crippen molar-refractivity contribution in [1.82, 2.24) is 0 Å². The molecule has 0 aliphatic heterocycles. The number of carbonyl (C=O) groups excluding carboxylic acids is 1. The number of benzene rings is 1. The van der Waals surface area contributed by atoms with Gasteiger partial charge < -0.3 is 0 Å². The maximum absolute atomic E-state index is 12.1. The predicted octanol–water partition coefficient (Wildman–Crippen LogP) is 4.92. The van der Waals surface area contributed by atoms with Crippen LogP contribution in [-0.4, -0.2) is 11.3 Å². The molecule has 0 heterocycles. The topological polar surface area (TPSA) is 17.1 Å². The van der Waals surface area contributed by atoms with Crippen LogP contribution in [0.5, 0.6) is 0 Å². The minimum atomic E-state index is -4.29. The van der Waals surface area contributed by atoms with E-state index in [1.165, 1.54) is 24.3 Å². The van der Waals surface area contributed by atoms with Gasteiger partial charge in [0.05, 0.1) is 0 Å². The van der Waals surface area contributed by atoms with Crippen molar-refractivity contribution in [2.24, 2.45) is 5.92 Å². The average Bonchev–Trinajstić information content (AvgIpc) is 2.27. The molecular formula is C13H15F3OS. The SMILES string of the molecule is CCCC(C)C(=O)c1ccc(SC(F)(F)F)cc1. The normalized spacial score (nSPS) is 13.4. The van der Waals surface area contributed by atoms with Crippen LogP contribution in [0.15, 0.2) is 29.2 Å². The third kappa shape index (κ3) is 4.72. The van der Waals surface area contributed by atoms with Gasteiger partial charge in [-0.1, -0.05) is 32.4 Å². The standard InChI is InChI=1S/C13H15F3OS/c1-3-4-9(2)12(17)10-5-7-11(8-6-10)18-13(14,15)16/h5-9H,3-4H2,1-2H3. The Morgan fingerprint density at radius 3 is 2.28 bits per heavy atom. The number of thioether (sulfide) groups is 1. The third-order valence-electron chi connectivity index (χ3n) is 2.54. The highest BCUT2D eigenvalue weighted by Crippen LogP contribution is 2.36. The lowest BCUT2D eigenvalue weighted by atomic mass is 9.95. The zero-order valence-electron chi connectivity index (χ0n) is 10.3. The monoisotopic (exact) mass is 276 g/mol. The first-order chi connectivity index (χ1) is 8.33. The Labute approximate surface area is 109 Å². The van der Waals surface area contributed by atoms with Crippen LogP contribution in [-0.2, 0) is 0 Å². The zero-order chi connectivity index (χ0) is 13.8. The van der Waals surface area contributed by atoms with Gasteiger partial charge in [-0.25, -0.2) is 0 Å². The number of hydrogen-bond acceptors (Lipinski definition) is 2. The van der Waals surface area contributed by atoms with Gasteiger partial charge >= 0.3 is 5.51 Å². The fraction of sp³-hybridized carbons (Fsp3) is 0.462. The Morgan fingerprint density at radius 2 is 1.83 bits per heavy atom. The second-order valence-electron chi connectivity index (χ2n) is 4.13. The number of Topliss-reactive ketones (excluding diaryl/α,β-unsaturated/α-hetero) is 1. The van der Waals surface area contributed by atoms with E-state index >= 15 is 0 Å². The summed E-state index contributed by atoms with van der Waals surface area (Å²) in [6.45, 7) is 3.83. The van der Waals surface area contributed by atoms with Crippen LogP contribution < -0.4 is 0 Å². The molecule has 0 spiro atoms. The Hall–Kier alpha value is -0.970. The summed E-state index contributed by atoms with van der Waals surface area (Å²) >= 11 is -0.171. The Kier molecular flexibility index (Phi) is 5.26. The highest BCUT2D eigenvalue weighted by Gasteiger charge is 2.29. The van der Waals surface area contributed by atoms with Gasteiger partial charge in [-0.05, 0) is 30.3 Å². The molecule has 1 atom stereocenters. The molecule has 0 saturated carbocycles. The smallest absolute Gasteiger partial charge is 0.294 e. The van der Waals surface area contributed by atoms with E-state index in [0.29, 0.717) is 5.56 Å². The van der Waals surface area contributed by atoms with Crippen LogP contribution in [0.3, 0.4) is 0 Å². The van der Waals surface area contributed by atoms with Crippen molar-refractivity contribution >= 4 is 17.5 Å². The van der Waals surface area contributed by atoms with Crippen molar-refractivity contribution in [2.45, 2.75) is 37.1 Å². The first-order valence-electron chi connectivity index (χ1n) is 5.73. The van der Waals surface area contributed by atoms with Crippen LogP contribution in [0.25, 0.3) is 0 Å². The van der Waals surface area contributed by atoms with E-state index in [-0.39, 0.29) is 28.4 Å². The molecule has 18 heavy (non-hydrogen) atoms. The molecule has 0 aromatic heterocycles. The molecule has 1 nitrogen and oxygen atoms in total. The van der Waals surface area contributed by atoms with Crippen molar-refractivity contribution in [3.05, 3.63) is 29.8 Å². The van der Waals surface area contributed by atoms with E-state index in [0.717, 1.165) is 12.8 Å². The van der Waals surface area contributed by atoms with Crippen LogP contribution in [0.4, 0.5) is 13.2 Å². The maximum atomic E-state index is 12.1. The number of ketones is 1. The van der Waals surface area contributed by atoms with E-state index in [2.05, 4.69) is 0 Å². The minimum Gasteiger partial charge on any atom is -0.294 e. The first kappa shape index (κ1) is 15.1. The summed E-state index contributed by atoms with van der Waals surface area (Å²) in [6, 6.07) is 5.60. The zero-order valence-corrected chi connectivity index (χ0v) is 11.1. The van der Waals surface area contributed by atoms with Crippen molar-refractivity contribution in [1.29, 1.82) is 0 Å². The molecule has 0 radical (unpaired) electrons. The summed E-state index contributed by atoms with van der Waals surface area (Å²) in [7, 11) is 0. The Bertz CT molecular complexity index is 398. The fourth-order valence-electron chi connectivity index (χ4n) is 1.67. The summed E-state index contributed by atoms with van der Waals surface area (Å²) in [5.74, 6) is -0.100. The number of rotatable bonds is 5. The van der Waals surface area contributed by atoms with Crippen LogP contribution >= 0.6 is 11.8 Å². The van der Waals surface area contributed by atoms with E-state index < -0.39 is 5.51 Å². The number of carbonyl (C=O) groups is 1. The fourth-order valence-corrected chi connectivity index (χ4v) is 2.21. The lowest BCUT2D eigenvalue weighted by Gasteiger charge is -2.10. The predicted molar refractivity (Wildman–Crippen MR) is 66.8 cm³/mol. The molecule has 1 aromatic carbocycles. The van der Waals surface area contributed by atoms with Crippen LogP contribution in [0.2, 0.25) is 0 Å². The number of alkyl halides is 3. The number of halogens is 3. The summed E-state index contributed by atoms with van der Waals surface area (Å²) in [4.78, 5) is 12.0. The largest absolute Gasteiger partial charge is 0.446 e. The van der Waals surface area contributed by atoms with Crippen molar-refractivity contribution in [3.63, 3.8) is 0 Å². The lowest BCUT2D eigenvalue weighted by Crippen LogP contribution is -2.10. The molecule has 100 valence electrons. The van der Waals surface area contributed by atoms with Gasteiger partial charge in [-0.15, -0.1) is 0 Å². The minimum absolute atomic E-state index is 0.0135. The second kappa shape index (κ2) is 6.27. The van der Waals surface area contributed by atoms with E-state index in [4.69, 9.17) is 0 Å². The van der Waals surface area contributed by atoms with Gasteiger partial charge in [-0.2, -0.15) is 13.2 Å². The third-order valence-corrected chi connectivity index (χ3v) is 3.28. The summed E-state index contributed by atoms with van der Waals surface area (Å²) < 4.78 is 36.4. The van der Waals surface area contributed by atoms with Gasteiger partial charge in [0.1, 0.15) is 0 Å². The van der Waals surface area contributed by atoms with E-state index in [1.54, 1.807) is 0 Å². The molecule has 0 bridgehead atoms. The molecular weight excluding hydrogens is 261 g/mol. The second-order valence-corrected chi connectivity index (χ2v) is 5.26. The molecule has 0 N–H and O–H groups in total. The quantitative estimate of drug-likeness (QED) is 0.561. The molecule has 0 amide bonds. The van der Waals surface area contributed by atoms with Crippen LogP contribution in [0, 0.1) is 5.92 Å². The van der Waals surface area contributed by atoms with Crippen molar-refractivity contribution in [3.8, 4) is 0 Å². The summed E-state index contributed by atoms with van der Waals surface area (Å²) in [6.07, 6.45) is 1.70. The molecule has 0 aliphatic rings. The highest BCUT2D eigenvalue weighted by molar-refractivity contribution is 8.00. The lowest BCUT2D eigenvalue weighted by molar-refractivity contribution is -0.0328. The van der Waals surface area contributed by atoms with Gasteiger partial charge in [0.25, 0.3) is 0 Å². The van der Waals surface area contributed by atoms with E-state index in [1.807, 2.05) is 13.8 Å². The molecule has 1 aromatic rings. The molecule has 0 aliphatic carbocycles. The molecule has 0 saturated heterocycles. The maximum Gasteiger partial charge on any atom is 0.446 e. The number of hydrogen-bond donors (Lipinski definition) is 0. The average molecular weight is 276 g/mol. The summed E-state index contributed by atoms with van der Waals surface area (Å²) in [5, 5.41) is 0. The molecule has 0 fully saturated rings. The van der Waals surface area contributed by atoms with Gasteiger partial charge in [-0.3, -0.25) is 4.79 Å². The van der Waals surface area contributed by atoms with Gasteiger partial charge in [0, 0.05) is 16.4 Å². The van der Waals surface area contributed by atoms with Crippen molar-refractivity contribution in [2.75, 3.05) is 0 Å². The van der Waals surface area contributed by atoms with E-state index in [9.17, 15) is 18.0 Å². The molecule has 1 rings (SSSR count). The van der Waals surface area contributed by atoms with Gasteiger partial charge in [0.15, 0.2) is 5.78 Å². The Morgan fingerprint density at radius 1 is 1.28 bits per heavy atom. The van der Waals surface area contributed by atoms with Crippen molar-refractivity contribution < 1.29 is 18.0 Å². The van der Waals surface area contributed by atoms with Gasteiger partial charge in [0.2, 0.25) is 0 Å². The Balaban J connectivity index is 2.74.